The van der Waals surface area contributed by atoms with Gasteiger partial charge in [0.25, 0.3) is 0 Å². The molecule has 0 bridgehead atoms. The second-order valence-electron chi connectivity index (χ2n) is 5.07. The Kier molecular flexibility index (Phi) is 5.09. The van der Waals surface area contributed by atoms with Crippen LogP contribution in [0.4, 0.5) is 0 Å². The van der Waals surface area contributed by atoms with Gasteiger partial charge in [-0.25, -0.2) is 0 Å². The molecule has 3 heteroatoms. The Morgan fingerprint density at radius 3 is 2.05 bits per heavy atom. The van der Waals surface area contributed by atoms with Crippen LogP contribution in [-0.4, -0.2) is 19.3 Å². The molecule has 0 amide bonds. The molecule has 3 nitrogen and oxygen atoms in total. The van der Waals surface area contributed by atoms with E-state index in [1.54, 1.807) is 14.2 Å². The van der Waals surface area contributed by atoms with Gasteiger partial charge in [-0.3, -0.25) is 0 Å². The summed E-state index contributed by atoms with van der Waals surface area (Å²) in [6, 6.07) is 14.2. The lowest BCUT2D eigenvalue weighted by Gasteiger charge is -2.17. The molecule has 0 aliphatic carbocycles. The number of ether oxygens (including phenoxy) is 2. The van der Waals surface area contributed by atoms with Crippen molar-refractivity contribution in [2.75, 3.05) is 14.2 Å². The molecular weight excluding hydrogens is 264 g/mol. The fourth-order valence-electron chi connectivity index (χ4n) is 2.57. The first kappa shape index (κ1) is 15.2. The molecule has 1 N–H and O–H groups in total. The van der Waals surface area contributed by atoms with Gasteiger partial charge < -0.3 is 14.6 Å². The third kappa shape index (κ3) is 3.48. The van der Waals surface area contributed by atoms with Crippen LogP contribution in [0.5, 0.6) is 17.2 Å². The minimum absolute atomic E-state index is 0.0523. The lowest BCUT2D eigenvalue weighted by Crippen LogP contribution is -2.02. The van der Waals surface area contributed by atoms with Crippen molar-refractivity contribution in [1.29, 1.82) is 0 Å². The first-order valence-electron chi connectivity index (χ1n) is 7.18. The van der Waals surface area contributed by atoms with Gasteiger partial charge in [-0.1, -0.05) is 37.3 Å². The van der Waals surface area contributed by atoms with Crippen LogP contribution < -0.4 is 9.47 Å². The maximum absolute atomic E-state index is 9.97. The van der Waals surface area contributed by atoms with Crippen molar-refractivity contribution in [3.05, 3.63) is 53.6 Å². The molecule has 2 rings (SSSR count). The summed E-state index contributed by atoms with van der Waals surface area (Å²) < 4.78 is 10.4. The number of methoxy groups -OCH3 is 2. The Balaban J connectivity index is 2.29. The van der Waals surface area contributed by atoms with Gasteiger partial charge in [0.05, 0.1) is 14.2 Å². The van der Waals surface area contributed by atoms with Crippen LogP contribution in [0.1, 0.15) is 30.4 Å². The van der Waals surface area contributed by atoms with Crippen LogP contribution in [0, 0.1) is 0 Å². The molecule has 0 radical (unpaired) electrons. The zero-order chi connectivity index (χ0) is 15.2. The summed E-state index contributed by atoms with van der Waals surface area (Å²) in [6.45, 7) is 2.19. The Labute approximate surface area is 126 Å². The smallest absolute Gasteiger partial charge is 0.200 e. The van der Waals surface area contributed by atoms with E-state index in [0.29, 0.717) is 17.4 Å². The second-order valence-corrected chi connectivity index (χ2v) is 5.07. The first-order valence-corrected chi connectivity index (χ1v) is 7.18. The Hall–Kier alpha value is -2.16. The van der Waals surface area contributed by atoms with Crippen molar-refractivity contribution in [1.82, 2.24) is 0 Å². The number of phenolic OH excluding ortho intramolecular Hbond substituents is 1. The van der Waals surface area contributed by atoms with E-state index >= 15 is 0 Å². The molecule has 0 heterocycles. The zero-order valence-electron chi connectivity index (χ0n) is 12.8. The number of hydrogen-bond acceptors (Lipinski definition) is 3. The number of benzene rings is 2. The van der Waals surface area contributed by atoms with Crippen molar-refractivity contribution in [2.24, 2.45) is 0 Å². The lowest BCUT2D eigenvalue weighted by molar-refractivity contribution is 0.339. The molecule has 2 aromatic rings. The van der Waals surface area contributed by atoms with E-state index in [2.05, 4.69) is 31.2 Å². The normalized spacial score (nSPS) is 12.0. The molecule has 0 fully saturated rings. The van der Waals surface area contributed by atoms with Crippen LogP contribution in [0.15, 0.2) is 42.5 Å². The van der Waals surface area contributed by atoms with Crippen LogP contribution in [0.3, 0.4) is 0 Å². The summed E-state index contributed by atoms with van der Waals surface area (Å²) in [5, 5.41) is 9.97. The number of rotatable bonds is 6. The van der Waals surface area contributed by atoms with Crippen molar-refractivity contribution in [3.63, 3.8) is 0 Å². The standard InChI is InChI=1S/C18H22O3/c1-4-14(15-8-6-5-7-9-15)10-13-11-16(20-2)18(19)17(12-13)21-3/h5-9,11-12,14,19H,4,10H2,1-3H3. The van der Waals surface area contributed by atoms with E-state index in [4.69, 9.17) is 9.47 Å². The number of aromatic hydroxyl groups is 1. The predicted molar refractivity (Wildman–Crippen MR) is 84.4 cm³/mol. The molecule has 0 aliphatic rings. The lowest BCUT2D eigenvalue weighted by atomic mass is 9.90. The molecule has 0 saturated heterocycles. The molecule has 0 aliphatic heterocycles. The fourth-order valence-corrected chi connectivity index (χ4v) is 2.57. The van der Waals surface area contributed by atoms with E-state index in [0.717, 1.165) is 18.4 Å². The highest BCUT2D eigenvalue weighted by atomic mass is 16.5. The zero-order valence-corrected chi connectivity index (χ0v) is 12.8. The van der Waals surface area contributed by atoms with Crippen molar-refractivity contribution < 1.29 is 14.6 Å². The Bertz CT molecular complexity index is 553. The van der Waals surface area contributed by atoms with Crippen LogP contribution >= 0.6 is 0 Å². The maximum atomic E-state index is 9.97. The van der Waals surface area contributed by atoms with Crippen molar-refractivity contribution in [3.8, 4) is 17.2 Å². The third-order valence-corrected chi connectivity index (χ3v) is 3.79. The SMILES string of the molecule is CCC(Cc1cc(OC)c(O)c(OC)c1)c1ccccc1. The molecule has 21 heavy (non-hydrogen) atoms. The second kappa shape index (κ2) is 7.02. The Morgan fingerprint density at radius 1 is 1.00 bits per heavy atom. The van der Waals surface area contributed by atoms with Gasteiger partial charge >= 0.3 is 0 Å². The average Bonchev–Trinajstić information content (AvgIpc) is 2.54. The molecule has 2 aromatic carbocycles. The van der Waals surface area contributed by atoms with Crippen molar-refractivity contribution >= 4 is 0 Å². The number of phenols is 1. The monoisotopic (exact) mass is 286 g/mol. The molecule has 0 saturated carbocycles. The van der Waals surface area contributed by atoms with E-state index in [-0.39, 0.29) is 5.75 Å². The summed E-state index contributed by atoms with van der Waals surface area (Å²) in [5.74, 6) is 1.39. The van der Waals surface area contributed by atoms with Gasteiger partial charge in [0, 0.05) is 0 Å². The summed E-state index contributed by atoms with van der Waals surface area (Å²) in [7, 11) is 3.10. The number of hydrogen-bond donors (Lipinski definition) is 1. The average molecular weight is 286 g/mol. The highest BCUT2D eigenvalue weighted by molar-refractivity contribution is 5.53. The highest BCUT2D eigenvalue weighted by Gasteiger charge is 2.15. The topological polar surface area (TPSA) is 38.7 Å². The molecular formula is C18H22O3. The van der Waals surface area contributed by atoms with E-state index in [9.17, 15) is 5.11 Å². The first-order chi connectivity index (χ1) is 10.2. The predicted octanol–water partition coefficient (Wildman–Crippen LogP) is 4.15. The minimum Gasteiger partial charge on any atom is -0.502 e. The van der Waals surface area contributed by atoms with Gasteiger partial charge in [-0.15, -0.1) is 0 Å². The molecule has 1 unspecified atom stereocenters. The fraction of sp³-hybridized carbons (Fsp3) is 0.333. The van der Waals surface area contributed by atoms with E-state index in [1.807, 2.05) is 18.2 Å². The third-order valence-electron chi connectivity index (χ3n) is 3.79. The van der Waals surface area contributed by atoms with Gasteiger partial charge in [0.15, 0.2) is 11.5 Å². The summed E-state index contributed by atoms with van der Waals surface area (Å²) in [5.41, 5.74) is 2.42. The van der Waals surface area contributed by atoms with Crippen LogP contribution in [0.2, 0.25) is 0 Å². The quantitative estimate of drug-likeness (QED) is 0.867. The van der Waals surface area contributed by atoms with Crippen molar-refractivity contribution in [2.45, 2.75) is 25.7 Å². The van der Waals surface area contributed by atoms with Gasteiger partial charge in [0.1, 0.15) is 0 Å². The molecule has 0 aromatic heterocycles. The maximum Gasteiger partial charge on any atom is 0.200 e. The molecule has 112 valence electrons. The van der Waals surface area contributed by atoms with Gasteiger partial charge in [-0.2, -0.15) is 0 Å². The molecule has 0 spiro atoms. The highest BCUT2D eigenvalue weighted by Crippen LogP contribution is 2.38. The van der Waals surface area contributed by atoms with Crippen LogP contribution in [-0.2, 0) is 6.42 Å². The summed E-state index contributed by atoms with van der Waals surface area (Å²) in [4.78, 5) is 0. The largest absolute Gasteiger partial charge is 0.502 e. The van der Waals surface area contributed by atoms with Gasteiger partial charge in [-0.05, 0) is 42.0 Å². The van der Waals surface area contributed by atoms with Gasteiger partial charge in [0.2, 0.25) is 5.75 Å². The van der Waals surface area contributed by atoms with E-state index < -0.39 is 0 Å². The summed E-state index contributed by atoms with van der Waals surface area (Å²) >= 11 is 0. The Morgan fingerprint density at radius 2 is 1.57 bits per heavy atom. The molecule has 1 atom stereocenters. The minimum atomic E-state index is 0.0523. The van der Waals surface area contributed by atoms with E-state index in [1.165, 1.54) is 5.56 Å². The summed E-state index contributed by atoms with van der Waals surface area (Å²) in [6.07, 6.45) is 1.93. The van der Waals surface area contributed by atoms with Crippen LogP contribution in [0.25, 0.3) is 0 Å².